The molecule has 20 heavy (non-hydrogen) atoms. The third-order valence-corrected chi connectivity index (χ3v) is 2.41. The normalized spacial score (nSPS) is 9.85. The highest BCUT2D eigenvalue weighted by molar-refractivity contribution is 5.83. The molecule has 0 saturated heterocycles. The van der Waals surface area contributed by atoms with Crippen molar-refractivity contribution in [2.24, 2.45) is 5.73 Å². The molecule has 0 aliphatic carbocycles. The average molecular weight is 280 g/mol. The summed E-state index contributed by atoms with van der Waals surface area (Å²) >= 11 is 0. The Morgan fingerprint density at radius 3 is 2.30 bits per heavy atom. The Bertz CT molecular complexity index is 431. The summed E-state index contributed by atoms with van der Waals surface area (Å²) in [5.41, 5.74) is 4.92. The quantitative estimate of drug-likeness (QED) is 0.656. The van der Waals surface area contributed by atoms with Gasteiger partial charge in [-0.15, -0.1) is 0 Å². The highest BCUT2D eigenvalue weighted by Gasteiger charge is 2.03. The summed E-state index contributed by atoms with van der Waals surface area (Å²) in [6.07, 6.45) is 0.863. The van der Waals surface area contributed by atoms with Crippen molar-refractivity contribution >= 4 is 11.8 Å². The van der Waals surface area contributed by atoms with E-state index in [1.807, 2.05) is 31.2 Å². The molecule has 1 aromatic carbocycles. The molecule has 110 valence electrons. The van der Waals surface area contributed by atoms with Gasteiger partial charge in [0.05, 0.1) is 19.8 Å². The van der Waals surface area contributed by atoms with E-state index < -0.39 is 5.91 Å². The van der Waals surface area contributed by atoms with Crippen molar-refractivity contribution < 1.29 is 19.1 Å². The Labute approximate surface area is 118 Å². The van der Waals surface area contributed by atoms with Crippen LogP contribution in [0.25, 0.3) is 0 Å². The summed E-state index contributed by atoms with van der Waals surface area (Å²) in [7, 11) is 0. The van der Waals surface area contributed by atoms with Crippen molar-refractivity contribution in [3.8, 4) is 11.5 Å². The first-order chi connectivity index (χ1) is 9.61. The van der Waals surface area contributed by atoms with Crippen LogP contribution >= 0.6 is 0 Å². The van der Waals surface area contributed by atoms with Gasteiger partial charge >= 0.3 is 0 Å². The van der Waals surface area contributed by atoms with Crippen molar-refractivity contribution in [2.75, 3.05) is 19.8 Å². The molecule has 0 heterocycles. The summed E-state index contributed by atoms with van der Waals surface area (Å²) in [6.45, 7) is 2.85. The number of hydrogen-bond donors (Lipinski definition) is 2. The molecular formula is C14H20N2O4. The van der Waals surface area contributed by atoms with E-state index >= 15 is 0 Å². The molecule has 0 spiro atoms. The summed E-state index contributed by atoms with van der Waals surface area (Å²) in [5.74, 6) is 0.764. The number of carbonyl (C=O) groups excluding carboxylic acids is 2. The first kappa shape index (κ1) is 15.8. The smallest absolute Gasteiger partial charge is 0.236 e. The minimum absolute atomic E-state index is 0.126. The lowest BCUT2D eigenvalue weighted by molar-refractivity contribution is -0.124. The van der Waals surface area contributed by atoms with Gasteiger partial charge < -0.3 is 20.5 Å². The van der Waals surface area contributed by atoms with E-state index in [-0.39, 0.29) is 12.5 Å². The van der Waals surface area contributed by atoms with Gasteiger partial charge in [-0.2, -0.15) is 0 Å². The van der Waals surface area contributed by atoms with Gasteiger partial charge in [-0.05, 0) is 37.6 Å². The van der Waals surface area contributed by atoms with Crippen molar-refractivity contribution in [1.82, 2.24) is 5.32 Å². The first-order valence-corrected chi connectivity index (χ1v) is 6.52. The zero-order valence-corrected chi connectivity index (χ0v) is 11.6. The second-order valence-electron chi connectivity index (χ2n) is 4.10. The number of benzene rings is 1. The average Bonchev–Trinajstić information content (AvgIpc) is 2.43. The van der Waals surface area contributed by atoms with Gasteiger partial charge in [0.1, 0.15) is 11.5 Å². The molecule has 0 bridgehead atoms. The second kappa shape index (κ2) is 8.79. The van der Waals surface area contributed by atoms with Crippen LogP contribution in [0.1, 0.15) is 19.8 Å². The van der Waals surface area contributed by atoms with Gasteiger partial charge in [0.25, 0.3) is 0 Å². The summed E-state index contributed by atoms with van der Waals surface area (Å²) in [5, 5.41) is 2.42. The zero-order valence-electron chi connectivity index (χ0n) is 11.6. The molecule has 0 aromatic heterocycles. The van der Waals surface area contributed by atoms with Crippen LogP contribution in [0.4, 0.5) is 0 Å². The number of amides is 2. The fraction of sp³-hybridized carbons (Fsp3) is 0.429. The number of hydrogen-bond acceptors (Lipinski definition) is 4. The molecule has 1 aromatic rings. The number of ether oxygens (including phenoxy) is 2. The van der Waals surface area contributed by atoms with E-state index in [1.165, 1.54) is 0 Å². The van der Waals surface area contributed by atoms with Gasteiger partial charge in [-0.1, -0.05) is 0 Å². The second-order valence-corrected chi connectivity index (χ2v) is 4.10. The number of nitrogens with two attached hydrogens (primary N) is 1. The van der Waals surface area contributed by atoms with E-state index in [9.17, 15) is 9.59 Å². The zero-order chi connectivity index (χ0) is 14.8. The van der Waals surface area contributed by atoms with Gasteiger partial charge in [0.15, 0.2) is 0 Å². The molecule has 0 saturated carbocycles. The highest BCUT2D eigenvalue weighted by Crippen LogP contribution is 2.17. The van der Waals surface area contributed by atoms with Crippen LogP contribution in [0.5, 0.6) is 11.5 Å². The fourth-order valence-corrected chi connectivity index (χ4v) is 1.50. The Hall–Kier alpha value is -2.24. The van der Waals surface area contributed by atoms with Crippen LogP contribution in [-0.4, -0.2) is 31.6 Å². The predicted octanol–water partition coefficient (Wildman–Crippen LogP) is 0.846. The lowest BCUT2D eigenvalue weighted by Gasteiger charge is -2.07. The summed E-state index contributed by atoms with van der Waals surface area (Å²) in [6, 6.07) is 7.30. The molecule has 3 N–H and O–H groups in total. The lowest BCUT2D eigenvalue weighted by Crippen LogP contribution is -2.33. The Kier molecular flexibility index (Phi) is 6.95. The molecule has 6 heteroatoms. The molecule has 0 radical (unpaired) electrons. The number of carbonyl (C=O) groups is 2. The molecule has 0 aliphatic heterocycles. The van der Waals surface area contributed by atoms with Crippen molar-refractivity contribution in [2.45, 2.75) is 19.8 Å². The Morgan fingerprint density at radius 2 is 1.75 bits per heavy atom. The molecule has 0 atom stereocenters. The van der Waals surface area contributed by atoms with Gasteiger partial charge in [-0.3, -0.25) is 9.59 Å². The summed E-state index contributed by atoms with van der Waals surface area (Å²) in [4.78, 5) is 21.7. The number of nitrogens with one attached hydrogen (secondary N) is 1. The molecule has 6 nitrogen and oxygen atoms in total. The highest BCUT2D eigenvalue weighted by atomic mass is 16.5. The van der Waals surface area contributed by atoms with E-state index in [4.69, 9.17) is 15.2 Å². The molecule has 2 amide bonds. The Balaban J connectivity index is 2.17. The van der Waals surface area contributed by atoms with Crippen molar-refractivity contribution in [3.05, 3.63) is 24.3 Å². The van der Waals surface area contributed by atoms with E-state index in [0.29, 0.717) is 26.1 Å². The largest absolute Gasteiger partial charge is 0.494 e. The topological polar surface area (TPSA) is 90.7 Å². The van der Waals surface area contributed by atoms with Gasteiger partial charge in [0, 0.05) is 6.42 Å². The molecule has 0 unspecified atom stereocenters. The van der Waals surface area contributed by atoms with Crippen molar-refractivity contribution in [1.29, 1.82) is 0 Å². The maximum absolute atomic E-state index is 11.3. The lowest BCUT2D eigenvalue weighted by atomic mass is 10.3. The minimum Gasteiger partial charge on any atom is -0.494 e. The van der Waals surface area contributed by atoms with Crippen LogP contribution in [0.2, 0.25) is 0 Å². The third kappa shape index (κ3) is 6.63. The molecule has 0 fully saturated rings. The van der Waals surface area contributed by atoms with Crippen LogP contribution in [0.3, 0.4) is 0 Å². The van der Waals surface area contributed by atoms with Crippen LogP contribution in [-0.2, 0) is 9.59 Å². The van der Waals surface area contributed by atoms with E-state index in [2.05, 4.69) is 5.32 Å². The standard InChI is InChI=1S/C14H20N2O4/c1-2-19-11-5-7-12(8-6-11)20-9-3-4-14(18)16-10-13(15)17/h5-8H,2-4,9-10H2,1H3,(H2,15,17)(H,16,18). The van der Waals surface area contributed by atoms with Crippen molar-refractivity contribution in [3.63, 3.8) is 0 Å². The number of primary amides is 1. The van der Waals surface area contributed by atoms with Crippen LogP contribution in [0.15, 0.2) is 24.3 Å². The van der Waals surface area contributed by atoms with Crippen LogP contribution < -0.4 is 20.5 Å². The van der Waals surface area contributed by atoms with E-state index in [0.717, 1.165) is 11.5 Å². The molecular weight excluding hydrogens is 260 g/mol. The Morgan fingerprint density at radius 1 is 1.15 bits per heavy atom. The van der Waals surface area contributed by atoms with Gasteiger partial charge in [0.2, 0.25) is 11.8 Å². The minimum atomic E-state index is -0.552. The summed E-state index contributed by atoms with van der Waals surface area (Å²) < 4.78 is 10.8. The van der Waals surface area contributed by atoms with Crippen LogP contribution in [0, 0.1) is 0 Å². The molecule has 0 aliphatic rings. The predicted molar refractivity (Wildman–Crippen MR) is 74.5 cm³/mol. The fourth-order valence-electron chi connectivity index (χ4n) is 1.50. The van der Waals surface area contributed by atoms with E-state index in [1.54, 1.807) is 0 Å². The monoisotopic (exact) mass is 280 g/mol. The first-order valence-electron chi connectivity index (χ1n) is 6.52. The van der Waals surface area contributed by atoms with Gasteiger partial charge in [-0.25, -0.2) is 0 Å². The number of rotatable bonds is 9. The maximum atomic E-state index is 11.3. The SMILES string of the molecule is CCOc1ccc(OCCCC(=O)NCC(N)=O)cc1. The maximum Gasteiger partial charge on any atom is 0.236 e. The third-order valence-electron chi connectivity index (χ3n) is 2.41. The molecule has 1 rings (SSSR count).